The zero-order valence-electron chi connectivity index (χ0n) is 21.4. The molecule has 5 rings (SSSR count). The fraction of sp³-hybridized carbons (Fsp3) is 0.194. The molecule has 4 aromatic rings. The highest BCUT2D eigenvalue weighted by Crippen LogP contribution is 2.33. The minimum Gasteiger partial charge on any atom is -0.392 e. The summed E-state index contributed by atoms with van der Waals surface area (Å²) < 4.78 is 27.3. The number of amides is 2. The van der Waals surface area contributed by atoms with Crippen molar-refractivity contribution >= 4 is 23.1 Å². The van der Waals surface area contributed by atoms with Crippen LogP contribution in [-0.2, 0) is 6.61 Å². The highest BCUT2D eigenvalue weighted by molar-refractivity contribution is 6.02. The predicted octanol–water partition coefficient (Wildman–Crippen LogP) is 6.01. The maximum absolute atomic E-state index is 13.7. The van der Waals surface area contributed by atoms with Crippen LogP contribution in [0.2, 0.25) is 0 Å². The molecular formula is C31H30F2N4O2. The predicted molar refractivity (Wildman–Crippen MR) is 150 cm³/mol. The Balaban J connectivity index is 1.34. The van der Waals surface area contributed by atoms with Crippen LogP contribution >= 0.6 is 0 Å². The number of piperazine rings is 1. The van der Waals surface area contributed by atoms with E-state index >= 15 is 0 Å². The molecule has 8 heteroatoms. The number of nitrogens with one attached hydrogen (secondary N) is 2. The van der Waals surface area contributed by atoms with E-state index in [9.17, 15) is 18.7 Å². The molecule has 0 saturated carbocycles. The Bertz CT molecular complexity index is 1350. The molecule has 39 heavy (non-hydrogen) atoms. The van der Waals surface area contributed by atoms with E-state index in [0.717, 1.165) is 16.8 Å². The lowest BCUT2D eigenvalue weighted by Crippen LogP contribution is -2.48. The van der Waals surface area contributed by atoms with Gasteiger partial charge >= 0.3 is 6.03 Å². The largest absolute Gasteiger partial charge is 0.392 e. The van der Waals surface area contributed by atoms with Gasteiger partial charge in [-0.3, -0.25) is 4.90 Å². The van der Waals surface area contributed by atoms with Crippen molar-refractivity contribution in [3.8, 4) is 0 Å². The second kappa shape index (κ2) is 12.1. The summed E-state index contributed by atoms with van der Waals surface area (Å²) in [5.41, 5.74) is 4.70. The smallest absolute Gasteiger partial charge is 0.323 e. The summed E-state index contributed by atoms with van der Waals surface area (Å²) in [5, 5.41) is 15.5. The Morgan fingerprint density at radius 2 is 1.36 bits per heavy atom. The Hall–Kier alpha value is -4.27. The quantitative estimate of drug-likeness (QED) is 0.275. The van der Waals surface area contributed by atoms with Crippen LogP contribution < -0.4 is 15.5 Å². The van der Waals surface area contributed by atoms with Crippen molar-refractivity contribution in [3.63, 3.8) is 0 Å². The summed E-state index contributed by atoms with van der Waals surface area (Å²) in [6.07, 6.45) is 0. The number of carbonyl (C=O) groups is 1. The minimum atomic E-state index is -0.371. The zero-order chi connectivity index (χ0) is 27.2. The topological polar surface area (TPSA) is 67.8 Å². The van der Waals surface area contributed by atoms with Crippen molar-refractivity contribution in [3.05, 3.63) is 125 Å². The van der Waals surface area contributed by atoms with Gasteiger partial charge in [-0.05, 0) is 65.2 Å². The van der Waals surface area contributed by atoms with Gasteiger partial charge in [0.1, 0.15) is 11.6 Å². The highest BCUT2D eigenvalue weighted by Gasteiger charge is 2.28. The molecule has 0 aromatic heterocycles. The zero-order valence-corrected chi connectivity index (χ0v) is 21.4. The average Bonchev–Trinajstić information content (AvgIpc) is 2.96. The normalized spacial score (nSPS) is 13.9. The van der Waals surface area contributed by atoms with Gasteiger partial charge < -0.3 is 20.6 Å². The number of carbonyl (C=O) groups excluding carboxylic acids is 1. The van der Waals surface area contributed by atoms with E-state index in [0.29, 0.717) is 43.1 Å². The van der Waals surface area contributed by atoms with Crippen LogP contribution in [0.5, 0.6) is 0 Å². The molecule has 0 atom stereocenters. The first-order chi connectivity index (χ1) is 19.0. The van der Waals surface area contributed by atoms with E-state index in [-0.39, 0.29) is 30.3 Å². The average molecular weight is 529 g/mol. The summed E-state index contributed by atoms with van der Waals surface area (Å²) in [7, 11) is 0. The Morgan fingerprint density at radius 1 is 0.769 bits per heavy atom. The van der Waals surface area contributed by atoms with Crippen molar-refractivity contribution < 1.29 is 18.7 Å². The number of anilines is 3. The SMILES string of the molecule is O=C(Nc1ccccc1)Nc1cc(CO)ccc1N1CCN(C(c2ccc(F)cc2)c2ccc(F)cc2)CC1. The molecule has 1 saturated heterocycles. The number of nitrogens with zero attached hydrogens (tertiary/aromatic N) is 2. The second-order valence-electron chi connectivity index (χ2n) is 9.48. The molecule has 0 aliphatic carbocycles. The number of benzene rings is 4. The van der Waals surface area contributed by atoms with Gasteiger partial charge in [0.2, 0.25) is 0 Å². The lowest BCUT2D eigenvalue weighted by atomic mass is 9.96. The molecule has 0 radical (unpaired) electrons. The van der Waals surface area contributed by atoms with Gasteiger partial charge in [0, 0.05) is 31.9 Å². The van der Waals surface area contributed by atoms with Crippen LogP contribution in [0.15, 0.2) is 97.1 Å². The van der Waals surface area contributed by atoms with Crippen LogP contribution in [-0.4, -0.2) is 42.2 Å². The first kappa shape index (κ1) is 26.3. The molecule has 1 aliphatic heterocycles. The summed E-state index contributed by atoms with van der Waals surface area (Å²) in [6, 6.07) is 27.1. The van der Waals surface area contributed by atoms with Crippen molar-refractivity contribution in [1.29, 1.82) is 0 Å². The number of hydrogen-bond acceptors (Lipinski definition) is 4. The number of aliphatic hydroxyl groups excluding tert-OH is 1. The maximum atomic E-state index is 13.7. The molecule has 6 nitrogen and oxygen atoms in total. The first-order valence-electron chi connectivity index (χ1n) is 12.9. The molecule has 1 fully saturated rings. The molecule has 1 heterocycles. The van der Waals surface area contributed by atoms with Gasteiger partial charge in [-0.25, -0.2) is 13.6 Å². The van der Waals surface area contributed by atoms with Gasteiger partial charge in [0.25, 0.3) is 0 Å². The Kier molecular flexibility index (Phi) is 8.15. The fourth-order valence-electron chi connectivity index (χ4n) is 4.99. The van der Waals surface area contributed by atoms with E-state index in [2.05, 4.69) is 20.4 Å². The van der Waals surface area contributed by atoms with E-state index in [1.54, 1.807) is 30.3 Å². The number of hydrogen-bond donors (Lipinski definition) is 3. The number of rotatable bonds is 7. The van der Waals surface area contributed by atoms with Crippen LogP contribution in [0.4, 0.5) is 30.6 Å². The lowest BCUT2D eigenvalue weighted by molar-refractivity contribution is 0.212. The van der Waals surface area contributed by atoms with Crippen LogP contribution in [0.25, 0.3) is 0 Å². The van der Waals surface area contributed by atoms with Crippen molar-refractivity contribution in [2.45, 2.75) is 12.6 Å². The maximum Gasteiger partial charge on any atom is 0.323 e. The second-order valence-corrected chi connectivity index (χ2v) is 9.48. The Morgan fingerprint density at radius 3 is 1.92 bits per heavy atom. The van der Waals surface area contributed by atoms with Gasteiger partial charge in [-0.2, -0.15) is 0 Å². The molecule has 200 valence electrons. The molecule has 0 spiro atoms. The highest BCUT2D eigenvalue weighted by atomic mass is 19.1. The number of para-hydroxylation sites is 1. The van der Waals surface area contributed by atoms with E-state index in [1.165, 1.54) is 24.3 Å². The monoisotopic (exact) mass is 528 g/mol. The third-order valence-corrected chi connectivity index (χ3v) is 6.91. The van der Waals surface area contributed by atoms with Gasteiger partial charge in [0.05, 0.1) is 24.0 Å². The van der Waals surface area contributed by atoms with E-state index in [4.69, 9.17) is 0 Å². The molecule has 0 unspecified atom stereocenters. The van der Waals surface area contributed by atoms with Gasteiger partial charge in [0.15, 0.2) is 0 Å². The molecule has 3 N–H and O–H groups in total. The van der Waals surface area contributed by atoms with E-state index < -0.39 is 0 Å². The van der Waals surface area contributed by atoms with Gasteiger partial charge in [-0.1, -0.05) is 48.5 Å². The standard InChI is InChI=1S/C31H30F2N4O2/c32-25-11-7-23(8-12-25)30(24-9-13-26(33)14-10-24)37-18-16-36(17-19-37)29-15-6-22(21-38)20-28(29)35-31(39)34-27-4-2-1-3-5-27/h1-15,20,30,38H,16-19,21H2,(H2,34,35,39). The summed E-state index contributed by atoms with van der Waals surface area (Å²) in [5.74, 6) is -0.604. The minimum absolute atomic E-state index is 0.139. The molecule has 0 bridgehead atoms. The van der Waals surface area contributed by atoms with Crippen molar-refractivity contribution in [2.75, 3.05) is 41.7 Å². The third kappa shape index (κ3) is 6.42. The molecule has 4 aromatic carbocycles. The summed E-state index contributed by atoms with van der Waals surface area (Å²) in [4.78, 5) is 17.3. The van der Waals surface area contributed by atoms with E-state index in [1.807, 2.05) is 42.5 Å². The van der Waals surface area contributed by atoms with Crippen LogP contribution in [0.3, 0.4) is 0 Å². The molecular weight excluding hydrogens is 498 g/mol. The molecule has 1 aliphatic rings. The third-order valence-electron chi connectivity index (χ3n) is 6.91. The number of aliphatic hydroxyl groups is 1. The van der Waals surface area contributed by atoms with Crippen LogP contribution in [0, 0.1) is 11.6 Å². The van der Waals surface area contributed by atoms with Crippen molar-refractivity contribution in [1.82, 2.24) is 4.90 Å². The number of halogens is 2. The lowest BCUT2D eigenvalue weighted by Gasteiger charge is -2.41. The summed E-state index contributed by atoms with van der Waals surface area (Å²) in [6.45, 7) is 2.59. The van der Waals surface area contributed by atoms with Crippen molar-refractivity contribution in [2.24, 2.45) is 0 Å². The fourth-order valence-corrected chi connectivity index (χ4v) is 4.99. The van der Waals surface area contributed by atoms with Crippen LogP contribution in [0.1, 0.15) is 22.7 Å². The first-order valence-corrected chi connectivity index (χ1v) is 12.9. The number of urea groups is 1. The summed E-state index contributed by atoms with van der Waals surface area (Å²) >= 11 is 0. The molecule has 2 amide bonds. The van der Waals surface area contributed by atoms with Gasteiger partial charge in [-0.15, -0.1) is 0 Å². The Labute approximate surface area is 226 Å².